The van der Waals surface area contributed by atoms with Crippen LogP contribution in [0.2, 0.25) is 0 Å². The van der Waals surface area contributed by atoms with Gasteiger partial charge in [0.2, 0.25) is 0 Å². The average molecular weight is 385 g/mol. The van der Waals surface area contributed by atoms with Crippen LogP contribution in [0.1, 0.15) is 0 Å². The lowest BCUT2D eigenvalue weighted by Gasteiger charge is -2.23. The number of benzene rings is 1. The van der Waals surface area contributed by atoms with Crippen LogP contribution < -0.4 is 4.52 Å². The van der Waals surface area contributed by atoms with Crippen LogP contribution >= 0.6 is 64.2 Å². The average Bonchev–Trinajstić information content (AvgIpc) is 2.11. The van der Waals surface area contributed by atoms with E-state index in [1.54, 1.807) is 18.8 Å². The number of hydrogen-bond acceptors (Lipinski definition) is 4. The van der Waals surface area contributed by atoms with Gasteiger partial charge >= 0.3 is 0 Å². The van der Waals surface area contributed by atoms with Crippen molar-refractivity contribution in [2.24, 2.45) is 13.5 Å². The van der Waals surface area contributed by atoms with Crippen LogP contribution in [0.5, 0.6) is 5.75 Å². The van der Waals surface area contributed by atoms with Crippen LogP contribution in [0.3, 0.4) is 0 Å². The first-order chi connectivity index (χ1) is 8.20. The molecule has 0 saturated carbocycles. The predicted molar refractivity (Wildman–Crippen MR) is 84.5 cm³/mol. The summed E-state index contributed by atoms with van der Waals surface area (Å²) in [6, 6.07) is 9.12. The third-order valence-corrected chi connectivity index (χ3v) is 13.3. The highest BCUT2D eigenvalue weighted by Gasteiger charge is 2.31. The Kier molecular flexibility index (Phi) is 4.53. The predicted octanol–water partition coefficient (Wildman–Crippen LogP) is 7.59. The molecule has 0 aliphatic carbocycles. The molecule has 0 aromatic heterocycles. The summed E-state index contributed by atoms with van der Waals surface area (Å²) < 4.78 is 18.0. The summed E-state index contributed by atoms with van der Waals surface area (Å²) in [5.74, 6) is -5.20. The molecule has 0 fully saturated rings. The SMILES string of the molecule is CP1(Oc2ccccc2)=NP(Cl)(Cl)=NP(Cl)(Cl)=N1. The summed E-state index contributed by atoms with van der Waals surface area (Å²) in [6.45, 7) is 1.70. The summed E-state index contributed by atoms with van der Waals surface area (Å²) in [4.78, 5) is 0. The van der Waals surface area contributed by atoms with Gasteiger partial charge in [-0.15, -0.1) is 0 Å². The van der Waals surface area contributed by atoms with Crippen molar-refractivity contribution < 1.29 is 4.52 Å². The van der Waals surface area contributed by atoms with E-state index in [-0.39, 0.29) is 0 Å². The third-order valence-electron chi connectivity index (χ3n) is 1.78. The van der Waals surface area contributed by atoms with E-state index in [4.69, 9.17) is 49.5 Å². The van der Waals surface area contributed by atoms with Gasteiger partial charge in [-0.25, -0.2) is 0 Å². The Morgan fingerprint density at radius 1 is 0.889 bits per heavy atom. The van der Waals surface area contributed by atoms with Crippen molar-refractivity contribution in [2.75, 3.05) is 6.66 Å². The van der Waals surface area contributed by atoms with Crippen molar-refractivity contribution in [1.82, 2.24) is 0 Å². The van der Waals surface area contributed by atoms with E-state index in [0.717, 1.165) is 0 Å². The van der Waals surface area contributed by atoms with Crippen molar-refractivity contribution in [3.63, 3.8) is 0 Å². The maximum Gasteiger partial charge on any atom is 0.258 e. The first kappa shape index (κ1) is 15.3. The van der Waals surface area contributed by atoms with Gasteiger partial charge in [-0.05, 0) is 57.1 Å². The second-order valence-electron chi connectivity index (χ2n) is 3.42. The number of nitrogens with zero attached hydrogens (tertiary/aromatic N) is 3. The fraction of sp³-hybridized carbons (Fsp3) is 0.143. The lowest BCUT2D eigenvalue weighted by molar-refractivity contribution is 0.610. The molecule has 18 heavy (non-hydrogen) atoms. The van der Waals surface area contributed by atoms with Crippen molar-refractivity contribution in [1.29, 1.82) is 0 Å². The van der Waals surface area contributed by atoms with E-state index in [2.05, 4.69) is 13.5 Å². The minimum atomic E-state index is -2.91. The molecule has 11 heteroatoms. The van der Waals surface area contributed by atoms with Gasteiger partial charge < -0.3 is 4.52 Å². The Morgan fingerprint density at radius 3 is 2.00 bits per heavy atom. The summed E-state index contributed by atoms with van der Waals surface area (Å²) >= 11 is 24.0. The van der Waals surface area contributed by atoms with E-state index < -0.39 is 19.3 Å². The van der Waals surface area contributed by atoms with E-state index in [9.17, 15) is 0 Å². The van der Waals surface area contributed by atoms with Gasteiger partial charge in [0.05, 0.1) is 0 Å². The molecule has 0 N–H and O–H groups in total. The Morgan fingerprint density at radius 2 is 1.44 bits per heavy atom. The Labute approximate surface area is 125 Å². The smallest absolute Gasteiger partial charge is 0.258 e. The minimum absolute atomic E-state index is 0.615. The summed E-state index contributed by atoms with van der Waals surface area (Å²) in [5.41, 5.74) is 0. The van der Waals surface area contributed by atoms with Crippen molar-refractivity contribution >= 4 is 64.2 Å². The van der Waals surface area contributed by atoms with Crippen LogP contribution in [-0.4, -0.2) is 6.66 Å². The van der Waals surface area contributed by atoms with E-state index >= 15 is 0 Å². The number of rotatable bonds is 2. The van der Waals surface area contributed by atoms with Crippen LogP contribution in [0.15, 0.2) is 43.9 Å². The number of para-hydroxylation sites is 1. The van der Waals surface area contributed by atoms with Crippen molar-refractivity contribution in [2.45, 2.75) is 0 Å². The second-order valence-corrected chi connectivity index (χ2v) is 15.9. The largest absolute Gasteiger partial charge is 0.441 e. The maximum atomic E-state index is 6.00. The van der Waals surface area contributed by atoms with Crippen LogP contribution in [-0.2, 0) is 0 Å². The van der Waals surface area contributed by atoms with Gasteiger partial charge in [0.25, 0.3) is 19.3 Å². The van der Waals surface area contributed by atoms with Gasteiger partial charge in [-0.2, -0.15) is 13.5 Å². The van der Waals surface area contributed by atoms with E-state index in [0.29, 0.717) is 5.75 Å². The highest BCUT2D eigenvalue weighted by atomic mass is 35.9. The molecule has 0 saturated heterocycles. The first-order valence-corrected chi connectivity index (χ1v) is 13.7. The molecule has 1 unspecified atom stereocenters. The molecule has 0 amide bonds. The number of halogens is 4. The maximum absolute atomic E-state index is 6.00. The Hall–Kier alpha value is 0.870. The lowest BCUT2D eigenvalue weighted by Crippen LogP contribution is -1.89. The molecule has 0 spiro atoms. The molecule has 1 aliphatic heterocycles. The molecule has 1 aromatic rings. The third kappa shape index (κ3) is 4.18. The standard InChI is InChI=1S/C7H8Cl4N3OP3/c1-16(15-7-5-3-2-4-6-7)12-17(8,9)14-18(10,11)13-16/h2-6H,1H3. The zero-order chi connectivity index (χ0) is 13.4. The van der Waals surface area contributed by atoms with Gasteiger partial charge in [-0.1, -0.05) is 18.2 Å². The lowest BCUT2D eigenvalue weighted by atomic mass is 10.3. The van der Waals surface area contributed by atoms with Gasteiger partial charge in [0, 0.05) is 6.66 Å². The zero-order valence-corrected chi connectivity index (χ0v) is 14.7. The molecule has 1 atom stereocenters. The van der Waals surface area contributed by atoms with E-state index in [1.165, 1.54) is 0 Å². The highest BCUT2D eigenvalue weighted by molar-refractivity contribution is 8.20. The monoisotopic (exact) mass is 383 g/mol. The fourth-order valence-electron chi connectivity index (χ4n) is 1.30. The Balaban J connectivity index is 2.47. The molecular formula is C7H8Cl4N3OP3. The summed E-state index contributed by atoms with van der Waals surface area (Å²) in [5, 5.41) is 0. The molecule has 100 valence electrons. The molecule has 1 aliphatic rings. The number of hydrogen-bond donors (Lipinski definition) is 0. The van der Waals surface area contributed by atoms with Crippen LogP contribution in [0.25, 0.3) is 0 Å². The summed E-state index contributed by atoms with van der Waals surface area (Å²) in [6.07, 6.45) is 0. The quantitative estimate of drug-likeness (QED) is 0.484. The molecule has 2 rings (SSSR count). The topological polar surface area (TPSA) is 46.3 Å². The van der Waals surface area contributed by atoms with Gasteiger partial charge in [-0.3, -0.25) is 0 Å². The molecule has 0 bridgehead atoms. The van der Waals surface area contributed by atoms with Crippen LogP contribution in [0, 0.1) is 0 Å². The zero-order valence-electron chi connectivity index (χ0n) is 8.99. The molecular weight excluding hydrogens is 377 g/mol. The van der Waals surface area contributed by atoms with Gasteiger partial charge in [0.1, 0.15) is 5.75 Å². The molecule has 0 radical (unpaired) electrons. The molecule has 4 nitrogen and oxygen atoms in total. The van der Waals surface area contributed by atoms with E-state index in [1.807, 2.05) is 18.2 Å². The fourth-order valence-corrected chi connectivity index (χ4v) is 17.0. The van der Waals surface area contributed by atoms with Crippen LogP contribution in [0.4, 0.5) is 0 Å². The second kappa shape index (κ2) is 5.34. The highest BCUT2D eigenvalue weighted by Crippen LogP contribution is 2.84. The minimum Gasteiger partial charge on any atom is -0.441 e. The normalized spacial score (nSPS) is 28.5. The van der Waals surface area contributed by atoms with Gasteiger partial charge in [0.15, 0.2) is 0 Å². The molecule has 1 heterocycles. The van der Waals surface area contributed by atoms with Crippen molar-refractivity contribution in [3.05, 3.63) is 30.3 Å². The first-order valence-electron chi connectivity index (χ1n) is 4.62. The molecule has 1 aromatic carbocycles. The van der Waals surface area contributed by atoms with Crippen molar-refractivity contribution in [3.8, 4) is 5.75 Å². The Bertz CT molecular complexity index is 613. The summed E-state index contributed by atoms with van der Waals surface area (Å²) in [7, 11) is -2.60.